The molecule has 3 aliphatic rings. The van der Waals surface area contributed by atoms with Crippen molar-refractivity contribution in [3.05, 3.63) is 0 Å². The summed E-state index contributed by atoms with van der Waals surface area (Å²) in [5, 5.41) is 8.76. The van der Waals surface area contributed by atoms with Crippen LogP contribution in [-0.2, 0) is 4.79 Å². The van der Waals surface area contributed by atoms with E-state index in [1.54, 1.807) is 44.7 Å². The van der Waals surface area contributed by atoms with Gasteiger partial charge in [0.25, 0.3) is 0 Å². The molecule has 2 nitrogen and oxygen atoms in total. The van der Waals surface area contributed by atoms with Crippen molar-refractivity contribution in [1.82, 2.24) is 0 Å². The van der Waals surface area contributed by atoms with E-state index in [1.165, 1.54) is 103 Å². The number of hydrogen-bond acceptors (Lipinski definition) is 1. The van der Waals surface area contributed by atoms with Crippen molar-refractivity contribution < 1.29 is 9.90 Å². The predicted octanol–water partition coefficient (Wildman–Crippen LogP) is 10.9. The quantitative estimate of drug-likeness (QED) is 0.114. The van der Waals surface area contributed by atoms with Crippen molar-refractivity contribution in [3.63, 3.8) is 0 Å². The van der Waals surface area contributed by atoms with Crippen molar-refractivity contribution >= 4 is 32.3 Å². The molecule has 3 fully saturated rings. The van der Waals surface area contributed by atoms with Crippen LogP contribution in [0.5, 0.6) is 0 Å². The van der Waals surface area contributed by atoms with E-state index in [4.69, 9.17) is 5.11 Å². The number of carboxylic acids is 1. The molecule has 3 aliphatic carbocycles. The van der Waals surface area contributed by atoms with Crippen molar-refractivity contribution in [3.8, 4) is 0 Å². The van der Waals surface area contributed by atoms with E-state index in [0.29, 0.717) is 6.42 Å². The monoisotopic (exact) mass is 606 g/mol. The average molecular weight is 607 g/mol. The van der Waals surface area contributed by atoms with E-state index in [2.05, 4.69) is 22.0 Å². The summed E-state index contributed by atoms with van der Waals surface area (Å²) in [6.45, 7) is 0. The molecule has 4 heteroatoms. The van der Waals surface area contributed by atoms with E-state index in [1.807, 2.05) is 0 Å². The van der Waals surface area contributed by atoms with Gasteiger partial charge in [-0.3, -0.25) is 4.79 Å². The Morgan fingerprint density at radius 3 is 1.24 bits per heavy atom. The van der Waals surface area contributed by atoms with E-state index >= 15 is 0 Å². The number of unbranched alkanes of at least 4 members (excludes halogenated alkanes) is 8. The Balaban J connectivity index is 1.55. The van der Waals surface area contributed by atoms with Gasteiger partial charge in [0.1, 0.15) is 0 Å². The van der Waals surface area contributed by atoms with Crippen molar-refractivity contribution in [1.29, 1.82) is 0 Å². The SMILES string of the molecule is O=C(O)CCCCCCCCCCCP(I)(C1CCCCC1)(C1CCCCC1)C1CCCCC1. The molecule has 0 aromatic carbocycles. The first-order chi connectivity index (χ1) is 16.6. The molecule has 3 rings (SSSR count). The summed E-state index contributed by atoms with van der Waals surface area (Å²) in [6.07, 6.45) is 36.8. The number of rotatable bonds is 15. The molecule has 0 saturated heterocycles. The van der Waals surface area contributed by atoms with Gasteiger partial charge in [-0.1, -0.05) is 0 Å². The second-order valence-electron chi connectivity index (χ2n) is 12.3. The molecular formula is C30H56IO2P. The van der Waals surface area contributed by atoms with Crippen LogP contribution < -0.4 is 0 Å². The van der Waals surface area contributed by atoms with Crippen LogP contribution in [-0.4, -0.2) is 34.2 Å². The van der Waals surface area contributed by atoms with Gasteiger partial charge in [0, 0.05) is 0 Å². The molecule has 0 spiro atoms. The summed E-state index contributed by atoms with van der Waals surface area (Å²) in [7, 11) is 0. The van der Waals surface area contributed by atoms with Gasteiger partial charge in [-0.05, 0) is 0 Å². The maximum absolute atomic E-state index is 10.6. The molecule has 3 saturated carbocycles. The second kappa shape index (κ2) is 15.1. The van der Waals surface area contributed by atoms with Gasteiger partial charge in [0.15, 0.2) is 0 Å². The zero-order valence-electron chi connectivity index (χ0n) is 22.3. The maximum atomic E-state index is 10.6. The van der Waals surface area contributed by atoms with Gasteiger partial charge in [-0.25, -0.2) is 0 Å². The van der Waals surface area contributed by atoms with Crippen LogP contribution in [0.25, 0.3) is 0 Å². The molecule has 200 valence electrons. The molecule has 0 amide bonds. The number of carboxylic acid groups (broad SMARTS) is 1. The zero-order chi connectivity index (χ0) is 24.1. The number of carbonyl (C=O) groups is 1. The van der Waals surface area contributed by atoms with Gasteiger partial charge in [-0.15, -0.1) is 0 Å². The van der Waals surface area contributed by atoms with E-state index in [-0.39, 0.29) is 0 Å². The second-order valence-corrected chi connectivity index (χ2v) is 24.8. The van der Waals surface area contributed by atoms with Crippen LogP contribution in [0, 0.1) is 0 Å². The first-order valence-electron chi connectivity index (χ1n) is 15.5. The molecule has 0 aromatic rings. The number of aliphatic carboxylic acids is 1. The fraction of sp³-hybridized carbons (Fsp3) is 0.967. The summed E-state index contributed by atoms with van der Waals surface area (Å²) in [6, 6.07) is 0. The molecule has 0 aromatic heterocycles. The molecule has 0 aliphatic heterocycles. The Hall–Kier alpha value is 0.630. The van der Waals surface area contributed by atoms with Gasteiger partial charge in [0.05, 0.1) is 0 Å². The predicted molar refractivity (Wildman–Crippen MR) is 160 cm³/mol. The van der Waals surface area contributed by atoms with Crippen molar-refractivity contribution in [2.75, 3.05) is 6.16 Å². The summed E-state index contributed by atoms with van der Waals surface area (Å²) in [5.41, 5.74) is 3.33. The van der Waals surface area contributed by atoms with Gasteiger partial charge in [-0.2, -0.15) is 0 Å². The first kappa shape index (κ1) is 29.2. The standard InChI is InChI=1S/C30H56IO2P/c31-34(27-19-11-8-12-20-27,28-21-13-9-14-22-28,29-23-15-10-16-24-29)26-18-7-5-3-1-2-4-6-17-25-30(32)33/h27-29H,1-26H2,(H,32,33). The Labute approximate surface area is 225 Å². The Morgan fingerprint density at radius 2 is 0.882 bits per heavy atom. The van der Waals surface area contributed by atoms with Crippen molar-refractivity contribution in [2.45, 2.75) is 177 Å². The molecule has 0 heterocycles. The molecule has 34 heavy (non-hydrogen) atoms. The molecule has 0 unspecified atom stereocenters. The molecule has 0 atom stereocenters. The fourth-order valence-electron chi connectivity index (χ4n) is 8.38. The van der Waals surface area contributed by atoms with Gasteiger partial charge < -0.3 is 5.11 Å². The van der Waals surface area contributed by atoms with Crippen molar-refractivity contribution in [2.24, 2.45) is 0 Å². The van der Waals surface area contributed by atoms with Gasteiger partial charge >= 0.3 is 216 Å². The van der Waals surface area contributed by atoms with Crippen LogP contribution in [0.3, 0.4) is 0 Å². The average Bonchev–Trinajstić information content (AvgIpc) is 2.88. The Bertz CT molecular complexity index is 528. The summed E-state index contributed by atoms with van der Waals surface area (Å²) < 4.78 is -1.78. The molecule has 1 N–H and O–H groups in total. The Kier molecular flexibility index (Phi) is 13.0. The Morgan fingerprint density at radius 1 is 0.559 bits per heavy atom. The van der Waals surface area contributed by atoms with Crippen LogP contribution in [0.1, 0.15) is 161 Å². The first-order valence-corrected chi connectivity index (χ1v) is 20.9. The minimum atomic E-state index is -1.78. The summed E-state index contributed by atoms with van der Waals surface area (Å²) in [5.74, 6) is -0.637. The number of halogens is 1. The molecule has 0 radical (unpaired) electrons. The van der Waals surface area contributed by atoms with Crippen LogP contribution in [0.4, 0.5) is 0 Å². The summed E-state index contributed by atoms with van der Waals surface area (Å²) in [4.78, 5) is 10.6. The third-order valence-corrected chi connectivity index (χ3v) is 26.5. The summed E-state index contributed by atoms with van der Waals surface area (Å²) >= 11 is 3.35. The normalized spacial score (nSPS) is 22.9. The minimum absolute atomic E-state index is 0.352. The zero-order valence-corrected chi connectivity index (χ0v) is 25.3. The molecule has 0 bridgehead atoms. The van der Waals surface area contributed by atoms with E-state index < -0.39 is 10.2 Å². The van der Waals surface area contributed by atoms with Gasteiger partial charge in [0.2, 0.25) is 0 Å². The topological polar surface area (TPSA) is 37.3 Å². The fourth-order valence-corrected chi connectivity index (χ4v) is 22.8. The molecular weight excluding hydrogens is 550 g/mol. The third kappa shape index (κ3) is 7.82. The van der Waals surface area contributed by atoms with Crippen LogP contribution in [0.2, 0.25) is 0 Å². The van der Waals surface area contributed by atoms with E-state index in [0.717, 1.165) is 29.8 Å². The van der Waals surface area contributed by atoms with Crippen LogP contribution >= 0.6 is 26.3 Å². The van der Waals surface area contributed by atoms with Crippen LogP contribution in [0.15, 0.2) is 0 Å². The van der Waals surface area contributed by atoms with E-state index in [9.17, 15) is 4.79 Å². The third-order valence-electron chi connectivity index (χ3n) is 10.2. The number of hydrogen-bond donors (Lipinski definition) is 1.